The van der Waals surface area contributed by atoms with Gasteiger partial charge in [0.25, 0.3) is 0 Å². The molecule has 1 aliphatic heterocycles. The highest BCUT2D eigenvalue weighted by Crippen LogP contribution is 2.22. The maximum atomic E-state index is 9.33. The fraction of sp³-hybridized carbons (Fsp3) is 1.00. The summed E-state index contributed by atoms with van der Waals surface area (Å²) in [5.74, 6) is 0. The van der Waals surface area contributed by atoms with Crippen molar-refractivity contribution in [1.82, 2.24) is 0 Å². The first kappa shape index (κ1) is 8.97. The van der Waals surface area contributed by atoms with Crippen molar-refractivity contribution in [2.45, 2.75) is 32.0 Å². The predicted octanol–water partition coefficient (Wildman–Crippen LogP) is 0.563. The van der Waals surface area contributed by atoms with Crippen molar-refractivity contribution in [2.24, 2.45) is 0 Å². The van der Waals surface area contributed by atoms with Crippen molar-refractivity contribution < 1.29 is 14.6 Å². The van der Waals surface area contributed by atoms with E-state index in [0.29, 0.717) is 19.8 Å². The Morgan fingerprint density at radius 3 is 2.36 bits per heavy atom. The van der Waals surface area contributed by atoms with E-state index in [2.05, 4.69) is 0 Å². The van der Waals surface area contributed by atoms with E-state index < -0.39 is 5.60 Å². The second-order valence-corrected chi connectivity index (χ2v) is 4.04. The summed E-state index contributed by atoms with van der Waals surface area (Å²) in [6.45, 7) is 7.10. The molecule has 11 heavy (non-hydrogen) atoms. The molecule has 0 saturated carbocycles. The maximum Gasteiger partial charge on any atom is 0.112 e. The van der Waals surface area contributed by atoms with E-state index in [1.807, 2.05) is 6.92 Å². The van der Waals surface area contributed by atoms with E-state index in [9.17, 15) is 5.11 Å². The molecular formula is C8H16O3. The van der Waals surface area contributed by atoms with Crippen LogP contribution in [0.5, 0.6) is 0 Å². The number of aliphatic hydroxyl groups is 1. The van der Waals surface area contributed by atoms with Crippen LogP contribution in [0.3, 0.4) is 0 Å². The van der Waals surface area contributed by atoms with Crippen molar-refractivity contribution in [3.63, 3.8) is 0 Å². The van der Waals surface area contributed by atoms with Crippen LogP contribution in [-0.4, -0.2) is 36.1 Å². The van der Waals surface area contributed by atoms with Gasteiger partial charge in [0, 0.05) is 0 Å². The van der Waals surface area contributed by atoms with Gasteiger partial charge in [0.2, 0.25) is 0 Å². The van der Waals surface area contributed by atoms with Crippen molar-refractivity contribution in [2.75, 3.05) is 19.8 Å². The van der Waals surface area contributed by atoms with Gasteiger partial charge in [0.15, 0.2) is 0 Å². The quantitative estimate of drug-likeness (QED) is 0.655. The summed E-state index contributed by atoms with van der Waals surface area (Å²) in [5, 5.41) is 9.33. The average molecular weight is 160 g/mol. The predicted molar refractivity (Wildman–Crippen MR) is 41.5 cm³/mol. The zero-order chi connectivity index (χ0) is 8.54. The zero-order valence-electron chi connectivity index (χ0n) is 7.39. The Labute approximate surface area is 67.3 Å². The first-order valence-electron chi connectivity index (χ1n) is 3.85. The summed E-state index contributed by atoms with van der Waals surface area (Å²) in [6.07, 6.45) is 0. The lowest BCUT2D eigenvalue weighted by Crippen LogP contribution is -2.51. The number of ether oxygens (including phenoxy) is 2. The second kappa shape index (κ2) is 2.73. The van der Waals surface area contributed by atoms with Gasteiger partial charge in [0.1, 0.15) is 5.60 Å². The molecule has 0 unspecified atom stereocenters. The van der Waals surface area contributed by atoms with Gasteiger partial charge < -0.3 is 14.6 Å². The molecule has 1 aliphatic rings. The molecule has 0 amide bonds. The lowest BCUT2D eigenvalue weighted by Gasteiger charge is -2.39. The molecule has 1 N–H and O–H groups in total. The van der Waals surface area contributed by atoms with E-state index >= 15 is 0 Å². The van der Waals surface area contributed by atoms with Gasteiger partial charge >= 0.3 is 0 Å². The van der Waals surface area contributed by atoms with Crippen LogP contribution < -0.4 is 0 Å². The summed E-state index contributed by atoms with van der Waals surface area (Å²) < 4.78 is 10.5. The fourth-order valence-electron chi connectivity index (χ4n) is 0.824. The van der Waals surface area contributed by atoms with Crippen LogP contribution in [0.4, 0.5) is 0 Å². The maximum absolute atomic E-state index is 9.33. The lowest BCUT2D eigenvalue weighted by atomic mass is 10.0. The fourth-order valence-corrected chi connectivity index (χ4v) is 0.824. The third-order valence-corrected chi connectivity index (χ3v) is 1.59. The molecule has 1 saturated heterocycles. The summed E-state index contributed by atoms with van der Waals surface area (Å²) >= 11 is 0. The van der Waals surface area contributed by atoms with Crippen LogP contribution in [0, 0.1) is 0 Å². The Hall–Kier alpha value is -0.120. The van der Waals surface area contributed by atoms with Gasteiger partial charge in [-0.15, -0.1) is 0 Å². The molecule has 0 spiro atoms. The van der Waals surface area contributed by atoms with Crippen LogP contribution in [0.25, 0.3) is 0 Å². The molecule has 0 aromatic rings. The third-order valence-electron chi connectivity index (χ3n) is 1.59. The van der Waals surface area contributed by atoms with E-state index in [4.69, 9.17) is 9.47 Å². The van der Waals surface area contributed by atoms with Gasteiger partial charge in [-0.3, -0.25) is 0 Å². The second-order valence-electron chi connectivity index (χ2n) is 4.04. The Bertz CT molecular complexity index is 133. The van der Waals surface area contributed by atoms with Crippen molar-refractivity contribution in [3.05, 3.63) is 0 Å². The molecule has 1 fully saturated rings. The van der Waals surface area contributed by atoms with Crippen molar-refractivity contribution >= 4 is 0 Å². The molecule has 0 atom stereocenters. The lowest BCUT2D eigenvalue weighted by molar-refractivity contribution is -0.216. The normalized spacial score (nSPS) is 22.9. The summed E-state index contributed by atoms with van der Waals surface area (Å²) in [5.41, 5.74) is -0.890. The van der Waals surface area contributed by atoms with E-state index in [1.165, 1.54) is 0 Å². The number of rotatable bonds is 3. The Kier molecular flexibility index (Phi) is 2.23. The van der Waals surface area contributed by atoms with Gasteiger partial charge in [0.05, 0.1) is 25.4 Å². The first-order valence-corrected chi connectivity index (χ1v) is 3.85. The molecule has 0 aromatic carbocycles. The third kappa shape index (κ3) is 2.77. The van der Waals surface area contributed by atoms with Crippen LogP contribution in [0.2, 0.25) is 0 Å². The Balaban J connectivity index is 2.21. The first-order chi connectivity index (χ1) is 4.91. The van der Waals surface area contributed by atoms with Crippen LogP contribution in [0.1, 0.15) is 20.8 Å². The molecule has 66 valence electrons. The minimum absolute atomic E-state index is 0.153. The van der Waals surface area contributed by atoms with Crippen molar-refractivity contribution in [3.8, 4) is 0 Å². The minimum Gasteiger partial charge on any atom is -0.388 e. The largest absolute Gasteiger partial charge is 0.388 e. The Morgan fingerprint density at radius 2 is 2.09 bits per heavy atom. The standard InChI is InChI=1S/C8H16O3/c1-7(2,9)4-11-8(3)5-10-6-8/h9H,4-6H2,1-3H3. The van der Waals surface area contributed by atoms with Crippen LogP contribution in [0.15, 0.2) is 0 Å². The zero-order valence-corrected chi connectivity index (χ0v) is 7.39. The highest BCUT2D eigenvalue weighted by atomic mass is 16.6. The molecule has 1 rings (SSSR count). The van der Waals surface area contributed by atoms with E-state index in [-0.39, 0.29) is 5.60 Å². The SMILES string of the molecule is CC(C)(O)COC1(C)COC1. The summed E-state index contributed by atoms with van der Waals surface area (Å²) in [7, 11) is 0. The van der Waals surface area contributed by atoms with E-state index in [1.54, 1.807) is 13.8 Å². The van der Waals surface area contributed by atoms with Crippen LogP contribution in [-0.2, 0) is 9.47 Å². The molecule has 1 heterocycles. The Morgan fingerprint density at radius 1 is 1.55 bits per heavy atom. The highest BCUT2D eigenvalue weighted by molar-refractivity contribution is 4.83. The molecule has 0 aromatic heterocycles. The molecule has 0 aliphatic carbocycles. The average Bonchev–Trinajstić information content (AvgIpc) is 1.77. The van der Waals surface area contributed by atoms with Gasteiger partial charge in [-0.05, 0) is 20.8 Å². The van der Waals surface area contributed by atoms with Crippen LogP contribution >= 0.6 is 0 Å². The molecule has 3 nitrogen and oxygen atoms in total. The summed E-state index contributed by atoms with van der Waals surface area (Å²) in [6, 6.07) is 0. The molecule has 0 bridgehead atoms. The minimum atomic E-state index is -0.738. The monoisotopic (exact) mass is 160 g/mol. The van der Waals surface area contributed by atoms with Crippen molar-refractivity contribution in [1.29, 1.82) is 0 Å². The highest BCUT2D eigenvalue weighted by Gasteiger charge is 2.35. The number of hydrogen-bond donors (Lipinski definition) is 1. The molecular weight excluding hydrogens is 144 g/mol. The van der Waals surface area contributed by atoms with Gasteiger partial charge in [-0.2, -0.15) is 0 Å². The van der Waals surface area contributed by atoms with Gasteiger partial charge in [-0.1, -0.05) is 0 Å². The van der Waals surface area contributed by atoms with Gasteiger partial charge in [-0.25, -0.2) is 0 Å². The number of hydrogen-bond acceptors (Lipinski definition) is 3. The molecule has 0 radical (unpaired) electrons. The smallest absolute Gasteiger partial charge is 0.112 e. The van der Waals surface area contributed by atoms with E-state index in [0.717, 1.165) is 0 Å². The summed E-state index contributed by atoms with van der Waals surface area (Å²) in [4.78, 5) is 0. The topological polar surface area (TPSA) is 38.7 Å². The molecule has 3 heteroatoms.